The molecule has 0 N–H and O–H groups in total. The molecule has 5 heteroatoms. The van der Waals surface area contributed by atoms with Gasteiger partial charge in [0.25, 0.3) is 0 Å². The number of carbonyl (C=O) groups is 1. The minimum Gasteiger partial charge on any atom is -0.493 e. The van der Waals surface area contributed by atoms with Gasteiger partial charge in [-0.05, 0) is 77.0 Å². The highest BCUT2D eigenvalue weighted by Crippen LogP contribution is 2.38. The fourth-order valence-electron chi connectivity index (χ4n) is 5.45. The van der Waals surface area contributed by atoms with Gasteiger partial charge >= 0.3 is 0 Å². The van der Waals surface area contributed by atoms with Gasteiger partial charge in [-0.2, -0.15) is 0 Å². The molecule has 0 heterocycles. The molecular weight excluding hydrogens is 594 g/mol. The van der Waals surface area contributed by atoms with Crippen molar-refractivity contribution in [3.8, 4) is 11.5 Å². The smallest absolute Gasteiger partial charge is 0.248 e. The zero-order chi connectivity index (χ0) is 34.4. The van der Waals surface area contributed by atoms with Gasteiger partial charge in [0.15, 0.2) is 0 Å². The molecule has 0 saturated heterocycles. The first-order chi connectivity index (χ1) is 23.1. The Bertz CT molecular complexity index is 1530. The van der Waals surface area contributed by atoms with Crippen molar-refractivity contribution in [3.05, 3.63) is 131 Å². The van der Waals surface area contributed by atoms with E-state index in [9.17, 15) is 4.79 Å². The normalized spacial score (nSPS) is 11.7. The Morgan fingerprint density at radius 1 is 0.667 bits per heavy atom. The number of nitrogens with zero attached hydrogens (tertiary/aromatic N) is 1. The van der Waals surface area contributed by atoms with Crippen molar-refractivity contribution in [2.75, 3.05) is 19.8 Å². The van der Waals surface area contributed by atoms with E-state index in [1.54, 1.807) is 0 Å². The van der Waals surface area contributed by atoms with Crippen LogP contribution in [0.2, 0.25) is 0 Å². The van der Waals surface area contributed by atoms with E-state index in [1.807, 2.05) is 77.7 Å². The minimum atomic E-state index is -0.0163. The van der Waals surface area contributed by atoms with Gasteiger partial charge in [0, 0.05) is 18.7 Å². The zero-order valence-electron chi connectivity index (χ0n) is 30.0. The summed E-state index contributed by atoms with van der Waals surface area (Å²) in [7, 11) is 0. The van der Waals surface area contributed by atoms with Crippen molar-refractivity contribution >= 4 is 5.91 Å². The van der Waals surface area contributed by atoms with Crippen molar-refractivity contribution < 1.29 is 19.0 Å². The fraction of sp³-hybridized carbons (Fsp3) is 0.419. The molecule has 48 heavy (non-hydrogen) atoms. The van der Waals surface area contributed by atoms with E-state index in [4.69, 9.17) is 14.2 Å². The summed E-state index contributed by atoms with van der Waals surface area (Å²) in [5.74, 6) is 1.76. The number of rotatable bonds is 19. The van der Waals surface area contributed by atoms with Crippen LogP contribution in [0.4, 0.5) is 0 Å². The SMILES string of the molecule is CCC(C)(C)c1ccc(OCCCCN(Cc2ccc(OCc3ccccc3)cc2)C(=O)COCc2ccccc2)c(C(C)(C)CC)c1. The van der Waals surface area contributed by atoms with Crippen LogP contribution in [0.3, 0.4) is 0 Å². The number of carbonyl (C=O) groups excluding carboxylic acids is 1. The lowest BCUT2D eigenvalue weighted by molar-refractivity contribution is -0.137. The summed E-state index contributed by atoms with van der Waals surface area (Å²) in [6.07, 6.45) is 3.78. The van der Waals surface area contributed by atoms with E-state index in [0.717, 1.165) is 53.9 Å². The van der Waals surface area contributed by atoms with Gasteiger partial charge in [0.2, 0.25) is 5.91 Å². The topological polar surface area (TPSA) is 48.0 Å². The van der Waals surface area contributed by atoms with E-state index in [0.29, 0.717) is 32.9 Å². The molecule has 0 aliphatic rings. The number of benzene rings is 4. The van der Waals surface area contributed by atoms with Crippen LogP contribution in [0, 0.1) is 0 Å². The summed E-state index contributed by atoms with van der Waals surface area (Å²) in [5, 5.41) is 0. The predicted octanol–water partition coefficient (Wildman–Crippen LogP) is 10.0. The maximum absolute atomic E-state index is 13.4. The zero-order valence-corrected chi connectivity index (χ0v) is 30.0. The second-order valence-corrected chi connectivity index (χ2v) is 14.0. The average Bonchev–Trinajstić information content (AvgIpc) is 3.11. The van der Waals surface area contributed by atoms with Gasteiger partial charge in [0.1, 0.15) is 24.7 Å². The first-order valence-electron chi connectivity index (χ1n) is 17.5. The molecule has 0 atom stereocenters. The van der Waals surface area contributed by atoms with E-state index in [1.165, 1.54) is 11.1 Å². The molecule has 5 nitrogen and oxygen atoms in total. The van der Waals surface area contributed by atoms with Crippen LogP contribution in [0.15, 0.2) is 103 Å². The molecule has 0 bridgehead atoms. The third kappa shape index (κ3) is 11.0. The quantitative estimate of drug-likeness (QED) is 0.0949. The molecule has 1 amide bonds. The molecule has 0 aromatic heterocycles. The molecule has 0 radical (unpaired) electrons. The standard InChI is InChI=1S/C43H55NO4/c1-7-42(3,4)37-23-26-40(39(29-37)43(5,6)8-2)47-28-16-15-27-44(41(45)33-46-31-35-17-11-9-12-18-35)30-34-21-24-38(25-22-34)48-32-36-19-13-10-14-20-36/h9-14,17-26,29H,7-8,15-16,27-28,30-33H2,1-6H3. The molecule has 0 fully saturated rings. The van der Waals surface area contributed by atoms with Gasteiger partial charge in [-0.3, -0.25) is 4.79 Å². The van der Waals surface area contributed by atoms with Crippen LogP contribution >= 0.6 is 0 Å². The van der Waals surface area contributed by atoms with E-state index in [2.05, 4.69) is 71.9 Å². The third-order valence-electron chi connectivity index (χ3n) is 9.57. The number of hydrogen-bond donors (Lipinski definition) is 0. The predicted molar refractivity (Wildman–Crippen MR) is 197 cm³/mol. The van der Waals surface area contributed by atoms with Gasteiger partial charge in [-0.15, -0.1) is 0 Å². The van der Waals surface area contributed by atoms with Crippen LogP contribution in [-0.2, 0) is 40.1 Å². The molecule has 4 aromatic carbocycles. The highest BCUT2D eigenvalue weighted by Gasteiger charge is 2.26. The van der Waals surface area contributed by atoms with E-state index >= 15 is 0 Å². The Morgan fingerprint density at radius 2 is 1.29 bits per heavy atom. The fourth-order valence-corrected chi connectivity index (χ4v) is 5.45. The van der Waals surface area contributed by atoms with Gasteiger partial charge < -0.3 is 19.1 Å². The maximum Gasteiger partial charge on any atom is 0.248 e. The molecule has 256 valence electrons. The Balaban J connectivity index is 1.36. The lowest BCUT2D eigenvalue weighted by Crippen LogP contribution is -2.34. The molecule has 4 rings (SSSR count). The Kier molecular flexibility index (Phi) is 13.7. The average molecular weight is 650 g/mol. The third-order valence-corrected chi connectivity index (χ3v) is 9.57. The monoisotopic (exact) mass is 649 g/mol. The molecular formula is C43H55NO4. The summed E-state index contributed by atoms with van der Waals surface area (Å²) in [6, 6.07) is 34.9. The molecule has 0 aliphatic heterocycles. The van der Waals surface area contributed by atoms with E-state index in [-0.39, 0.29) is 23.3 Å². The second-order valence-electron chi connectivity index (χ2n) is 14.0. The van der Waals surface area contributed by atoms with Crippen molar-refractivity contribution in [3.63, 3.8) is 0 Å². The lowest BCUT2D eigenvalue weighted by Gasteiger charge is -2.30. The first-order valence-corrected chi connectivity index (χ1v) is 17.5. The first kappa shape index (κ1) is 36.7. The largest absolute Gasteiger partial charge is 0.493 e. The summed E-state index contributed by atoms with van der Waals surface area (Å²) >= 11 is 0. The summed E-state index contributed by atoms with van der Waals surface area (Å²) in [5.41, 5.74) is 5.99. The number of amides is 1. The molecule has 0 aliphatic carbocycles. The molecule has 0 unspecified atom stereocenters. The number of hydrogen-bond acceptors (Lipinski definition) is 4. The van der Waals surface area contributed by atoms with Crippen molar-refractivity contribution in [1.82, 2.24) is 4.90 Å². The van der Waals surface area contributed by atoms with Crippen molar-refractivity contribution in [2.24, 2.45) is 0 Å². The Labute approximate surface area is 289 Å². The Hall–Kier alpha value is -4.09. The molecule has 4 aromatic rings. The second kappa shape index (κ2) is 17.9. The van der Waals surface area contributed by atoms with E-state index < -0.39 is 0 Å². The van der Waals surface area contributed by atoms with Gasteiger partial charge in [-0.1, -0.05) is 126 Å². The summed E-state index contributed by atoms with van der Waals surface area (Å²) < 4.78 is 18.2. The maximum atomic E-state index is 13.4. The minimum absolute atomic E-state index is 0.0142. The highest BCUT2D eigenvalue weighted by molar-refractivity contribution is 5.77. The number of ether oxygens (including phenoxy) is 3. The van der Waals surface area contributed by atoms with Crippen LogP contribution in [0.5, 0.6) is 11.5 Å². The molecule has 0 spiro atoms. The van der Waals surface area contributed by atoms with Crippen LogP contribution in [0.25, 0.3) is 0 Å². The van der Waals surface area contributed by atoms with Crippen molar-refractivity contribution in [2.45, 2.75) is 97.8 Å². The van der Waals surface area contributed by atoms with Gasteiger partial charge in [-0.25, -0.2) is 0 Å². The van der Waals surface area contributed by atoms with Crippen molar-refractivity contribution in [1.29, 1.82) is 0 Å². The Morgan fingerprint density at radius 3 is 1.92 bits per heavy atom. The highest BCUT2D eigenvalue weighted by atomic mass is 16.5. The number of unbranched alkanes of at least 4 members (excludes halogenated alkanes) is 1. The lowest BCUT2D eigenvalue weighted by atomic mass is 9.76. The van der Waals surface area contributed by atoms with Crippen LogP contribution < -0.4 is 9.47 Å². The summed E-state index contributed by atoms with van der Waals surface area (Å²) in [6.45, 7) is 16.4. The van der Waals surface area contributed by atoms with Crippen LogP contribution in [-0.4, -0.2) is 30.6 Å². The summed E-state index contributed by atoms with van der Waals surface area (Å²) in [4.78, 5) is 15.3. The molecule has 0 saturated carbocycles. The van der Waals surface area contributed by atoms with Crippen LogP contribution in [0.1, 0.15) is 95.0 Å². The van der Waals surface area contributed by atoms with Gasteiger partial charge in [0.05, 0.1) is 13.2 Å².